The molecule has 0 aromatic rings. The van der Waals surface area contributed by atoms with Gasteiger partial charge in [-0.2, -0.15) is 0 Å². The van der Waals surface area contributed by atoms with Crippen LogP contribution in [0.25, 0.3) is 0 Å². The predicted molar refractivity (Wildman–Crippen MR) is 75.6 cm³/mol. The van der Waals surface area contributed by atoms with Gasteiger partial charge in [-0.25, -0.2) is 0 Å². The summed E-state index contributed by atoms with van der Waals surface area (Å²) in [6.07, 6.45) is 2.71. The number of hydrogen-bond donors (Lipinski definition) is 3. The van der Waals surface area contributed by atoms with Gasteiger partial charge in [0.1, 0.15) is 5.41 Å². The van der Waals surface area contributed by atoms with Gasteiger partial charge in [0.05, 0.1) is 6.54 Å². The van der Waals surface area contributed by atoms with Crippen LogP contribution in [0.4, 0.5) is 0 Å². The number of carboxylic acids is 1. The van der Waals surface area contributed by atoms with E-state index >= 15 is 0 Å². The molecule has 0 unspecified atom stereocenters. The molecule has 7 nitrogen and oxygen atoms in total. The highest BCUT2D eigenvalue weighted by atomic mass is 16.4. The Hall–Kier alpha value is -1.63. The van der Waals surface area contributed by atoms with Crippen LogP contribution in [-0.2, 0) is 14.4 Å². The van der Waals surface area contributed by atoms with Crippen molar-refractivity contribution in [1.29, 1.82) is 0 Å². The zero-order valence-electron chi connectivity index (χ0n) is 12.5. The third kappa shape index (κ3) is 3.18. The van der Waals surface area contributed by atoms with Crippen LogP contribution in [-0.4, -0.2) is 60.0 Å². The minimum Gasteiger partial charge on any atom is -0.480 e. The zero-order chi connectivity index (χ0) is 15.6. The van der Waals surface area contributed by atoms with E-state index in [1.165, 1.54) is 0 Å². The van der Waals surface area contributed by atoms with Crippen LogP contribution in [0.2, 0.25) is 0 Å². The van der Waals surface area contributed by atoms with Crippen LogP contribution in [0.1, 0.15) is 32.6 Å². The van der Waals surface area contributed by atoms with E-state index in [0.717, 1.165) is 12.8 Å². The van der Waals surface area contributed by atoms with E-state index in [9.17, 15) is 14.4 Å². The Morgan fingerprint density at radius 2 is 1.86 bits per heavy atom. The molecule has 118 valence electrons. The van der Waals surface area contributed by atoms with Crippen molar-refractivity contribution in [3.8, 4) is 0 Å². The van der Waals surface area contributed by atoms with Crippen LogP contribution >= 0.6 is 0 Å². The van der Waals surface area contributed by atoms with Gasteiger partial charge in [0.2, 0.25) is 11.8 Å². The summed E-state index contributed by atoms with van der Waals surface area (Å²) in [5.41, 5.74) is -0.856. The summed E-state index contributed by atoms with van der Waals surface area (Å²) in [5.74, 6) is -1.23. The average Bonchev–Trinajstić information content (AvgIpc) is 3.20. The summed E-state index contributed by atoms with van der Waals surface area (Å²) in [4.78, 5) is 36.6. The van der Waals surface area contributed by atoms with Crippen molar-refractivity contribution in [3.63, 3.8) is 0 Å². The summed E-state index contributed by atoms with van der Waals surface area (Å²) in [7, 11) is 1.54. The quantitative estimate of drug-likeness (QED) is 0.554. The zero-order valence-corrected chi connectivity index (χ0v) is 12.5. The maximum Gasteiger partial charge on any atom is 0.317 e. The first kappa shape index (κ1) is 15.8. The molecular weight excluding hydrogens is 274 g/mol. The molecule has 0 spiro atoms. The van der Waals surface area contributed by atoms with Gasteiger partial charge in [-0.1, -0.05) is 6.92 Å². The highest BCUT2D eigenvalue weighted by molar-refractivity contribution is 6.07. The fourth-order valence-corrected chi connectivity index (χ4v) is 2.92. The molecule has 0 radical (unpaired) electrons. The molecule has 0 heterocycles. The number of rotatable bonds is 7. The third-order valence-electron chi connectivity index (χ3n) is 4.56. The lowest BCUT2D eigenvalue weighted by Crippen LogP contribution is -2.56. The third-order valence-corrected chi connectivity index (χ3v) is 4.56. The molecule has 21 heavy (non-hydrogen) atoms. The molecule has 2 aliphatic carbocycles. The molecule has 0 aliphatic heterocycles. The lowest BCUT2D eigenvalue weighted by molar-refractivity contribution is -0.141. The van der Waals surface area contributed by atoms with Crippen molar-refractivity contribution < 1.29 is 19.5 Å². The number of amides is 2. The number of hydrogen-bond acceptors (Lipinski definition) is 4. The van der Waals surface area contributed by atoms with Crippen LogP contribution in [0.3, 0.4) is 0 Å². The topological polar surface area (TPSA) is 98.7 Å². The van der Waals surface area contributed by atoms with Crippen molar-refractivity contribution in [2.45, 2.75) is 44.7 Å². The Morgan fingerprint density at radius 3 is 2.29 bits per heavy atom. The van der Waals surface area contributed by atoms with E-state index < -0.39 is 11.4 Å². The predicted octanol–water partition coefficient (Wildman–Crippen LogP) is -0.434. The normalized spacial score (nSPS) is 25.9. The summed E-state index contributed by atoms with van der Waals surface area (Å²) in [5, 5.41) is 14.3. The maximum atomic E-state index is 12.2. The Balaban J connectivity index is 1.79. The van der Waals surface area contributed by atoms with Crippen molar-refractivity contribution in [3.05, 3.63) is 0 Å². The largest absolute Gasteiger partial charge is 0.480 e. The number of nitrogens with zero attached hydrogens (tertiary/aromatic N) is 1. The van der Waals surface area contributed by atoms with Gasteiger partial charge in [-0.15, -0.1) is 0 Å². The van der Waals surface area contributed by atoms with Crippen molar-refractivity contribution in [1.82, 2.24) is 15.5 Å². The molecule has 2 aliphatic rings. The molecule has 2 fully saturated rings. The van der Waals surface area contributed by atoms with E-state index in [1.54, 1.807) is 7.05 Å². The van der Waals surface area contributed by atoms with E-state index in [1.807, 2.05) is 11.8 Å². The van der Waals surface area contributed by atoms with Crippen LogP contribution in [0.15, 0.2) is 0 Å². The Morgan fingerprint density at radius 1 is 1.24 bits per heavy atom. The average molecular weight is 297 g/mol. The molecule has 0 atom stereocenters. The molecule has 0 saturated heterocycles. The highest BCUT2D eigenvalue weighted by Gasteiger charge is 2.56. The van der Waals surface area contributed by atoms with Crippen LogP contribution in [0.5, 0.6) is 0 Å². The second-order valence-corrected chi connectivity index (χ2v) is 5.91. The molecule has 2 saturated carbocycles. The number of carboxylic acid groups (broad SMARTS) is 1. The summed E-state index contributed by atoms with van der Waals surface area (Å²) < 4.78 is 0. The van der Waals surface area contributed by atoms with Crippen LogP contribution in [0, 0.1) is 5.41 Å². The Labute approximate surface area is 124 Å². The standard InChI is InChI=1S/C14H23N3O4/c1-3-17(8-11(18)19)10-6-9(7-10)16-13(21)14(4-5-14)12(20)15-2/h9-10H,3-8H2,1-2H3,(H,15,20)(H,16,21)(H,18,19). The SMILES string of the molecule is CCN(CC(=O)O)C1CC(NC(=O)C2(C(=O)NC)CC2)C1. The van der Waals surface area contributed by atoms with E-state index in [-0.39, 0.29) is 30.4 Å². The Bertz CT molecular complexity index is 442. The first-order valence-corrected chi connectivity index (χ1v) is 7.42. The van der Waals surface area contributed by atoms with Gasteiger partial charge in [-0.05, 0) is 32.2 Å². The molecule has 2 amide bonds. The first-order valence-electron chi connectivity index (χ1n) is 7.42. The first-order chi connectivity index (χ1) is 9.92. The van der Waals surface area contributed by atoms with Gasteiger partial charge in [0.25, 0.3) is 0 Å². The molecule has 2 rings (SSSR count). The second kappa shape index (κ2) is 6.01. The monoisotopic (exact) mass is 297 g/mol. The molecule has 0 aromatic heterocycles. The molecule has 0 aromatic carbocycles. The number of carbonyl (C=O) groups is 3. The number of carbonyl (C=O) groups excluding carboxylic acids is 2. The minimum absolute atomic E-state index is 0.0318. The van der Waals surface area contributed by atoms with E-state index in [0.29, 0.717) is 19.4 Å². The molecular formula is C14H23N3O4. The van der Waals surface area contributed by atoms with Gasteiger partial charge >= 0.3 is 5.97 Å². The van der Waals surface area contributed by atoms with Gasteiger partial charge in [0, 0.05) is 19.1 Å². The highest BCUT2D eigenvalue weighted by Crippen LogP contribution is 2.46. The molecule has 0 bridgehead atoms. The summed E-state index contributed by atoms with van der Waals surface area (Å²) in [6, 6.07) is 0.249. The lowest BCUT2D eigenvalue weighted by atomic mass is 9.84. The minimum atomic E-state index is -0.856. The molecule has 3 N–H and O–H groups in total. The number of nitrogens with one attached hydrogen (secondary N) is 2. The number of aliphatic carboxylic acids is 1. The van der Waals surface area contributed by atoms with E-state index in [2.05, 4.69) is 10.6 Å². The van der Waals surface area contributed by atoms with Gasteiger partial charge < -0.3 is 15.7 Å². The maximum absolute atomic E-state index is 12.2. The Kier molecular flexibility index (Phi) is 4.51. The van der Waals surface area contributed by atoms with Crippen molar-refractivity contribution in [2.75, 3.05) is 20.1 Å². The van der Waals surface area contributed by atoms with Crippen LogP contribution < -0.4 is 10.6 Å². The summed E-state index contributed by atoms with van der Waals surface area (Å²) in [6.45, 7) is 2.64. The van der Waals surface area contributed by atoms with Gasteiger partial charge in [0.15, 0.2) is 0 Å². The van der Waals surface area contributed by atoms with E-state index in [4.69, 9.17) is 5.11 Å². The second-order valence-electron chi connectivity index (χ2n) is 5.91. The summed E-state index contributed by atoms with van der Waals surface area (Å²) >= 11 is 0. The lowest BCUT2D eigenvalue weighted by Gasteiger charge is -2.42. The fourth-order valence-electron chi connectivity index (χ4n) is 2.92. The van der Waals surface area contributed by atoms with Gasteiger partial charge in [-0.3, -0.25) is 19.3 Å². The van der Waals surface area contributed by atoms with Crippen molar-refractivity contribution >= 4 is 17.8 Å². The smallest absolute Gasteiger partial charge is 0.317 e. The van der Waals surface area contributed by atoms with Crippen molar-refractivity contribution in [2.24, 2.45) is 5.41 Å². The fraction of sp³-hybridized carbons (Fsp3) is 0.786. The molecule has 7 heteroatoms. The number of likely N-dealkylation sites (N-methyl/N-ethyl adjacent to an activating group) is 1.